The number of esters is 1. The maximum Gasteiger partial charge on any atom is 0.307 e. The fourth-order valence-electron chi connectivity index (χ4n) is 3.88. The van der Waals surface area contributed by atoms with Gasteiger partial charge in [0.05, 0.1) is 18.4 Å². The molecule has 6 heteroatoms. The van der Waals surface area contributed by atoms with Crippen LogP contribution in [0.4, 0.5) is 0 Å². The molecule has 1 unspecified atom stereocenters. The van der Waals surface area contributed by atoms with Crippen LogP contribution in [0.3, 0.4) is 0 Å². The summed E-state index contributed by atoms with van der Waals surface area (Å²) in [7, 11) is 0. The van der Waals surface area contributed by atoms with Crippen LogP contribution in [-0.2, 0) is 14.3 Å². The minimum atomic E-state index is -1.16. The number of rotatable bonds is 6. The van der Waals surface area contributed by atoms with Crippen molar-refractivity contribution in [2.45, 2.75) is 122 Å². The third-order valence-corrected chi connectivity index (χ3v) is 5.48. The molecule has 2 fully saturated rings. The Morgan fingerprint density at radius 2 is 1.61 bits per heavy atom. The van der Waals surface area contributed by atoms with Crippen LogP contribution in [0.1, 0.15) is 99.7 Å². The van der Waals surface area contributed by atoms with E-state index >= 15 is 0 Å². The lowest BCUT2D eigenvalue weighted by molar-refractivity contribution is -0.425. The van der Waals surface area contributed by atoms with Gasteiger partial charge in [0.15, 0.2) is 0 Å². The van der Waals surface area contributed by atoms with E-state index in [1.54, 1.807) is 32.6 Å². The second kappa shape index (κ2) is 12.4. The van der Waals surface area contributed by atoms with Gasteiger partial charge >= 0.3 is 5.97 Å². The summed E-state index contributed by atoms with van der Waals surface area (Å²) in [6.45, 7) is 6.88. The average molecular weight is 400 g/mol. The van der Waals surface area contributed by atoms with Crippen LogP contribution in [0.15, 0.2) is 0 Å². The Bertz CT molecular complexity index is 498. The Morgan fingerprint density at radius 1 is 1.11 bits per heavy atom. The predicted molar refractivity (Wildman–Crippen MR) is 108 cm³/mol. The summed E-state index contributed by atoms with van der Waals surface area (Å²) >= 11 is 0. The van der Waals surface area contributed by atoms with Crippen molar-refractivity contribution < 1.29 is 26.5 Å². The highest BCUT2D eigenvalue weighted by molar-refractivity contribution is 5.72. The van der Waals surface area contributed by atoms with Gasteiger partial charge in [-0.1, -0.05) is 25.7 Å². The summed E-state index contributed by atoms with van der Waals surface area (Å²) in [4.78, 5) is 24.9. The quantitative estimate of drug-likeness (QED) is 0.690. The highest BCUT2D eigenvalue weighted by Crippen LogP contribution is 2.24. The molecule has 2 aliphatic carbocycles. The fraction of sp³-hybridized carbons (Fsp3) is 0.909. The van der Waals surface area contributed by atoms with Crippen molar-refractivity contribution in [2.24, 2.45) is 0 Å². The molecule has 2 saturated carbocycles. The van der Waals surface area contributed by atoms with E-state index in [2.05, 4.69) is 5.73 Å². The predicted octanol–water partition coefficient (Wildman–Crippen LogP) is 2.05. The maximum absolute atomic E-state index is 12.0. The van der Waals surface area contributed by atoms with Crippen LogP contribution in [0.25, 0.3) is 0 Å². The third kappa shape index (κ3) is 10.4. The molecule has 0 aromatic rings. The van der Waals surface area contributed by atoms with Crippen LogP contribution < -0.4 is 10.8 Å². The first kappa shape index (κ1) is 23.1. The topological polar surface area (TPSA) is 97.3 Å². The molecule has 2 atom stereocenters. The summed E-state index contributed by atoms with van der Waals surface area (Å²) in [5, 5.41) is 11.2. The molecule has 0 aliphatic heterocycles. The monoisotopic (exact) mass is 399 g/mol. The molecule has 28 heavy (non-hydrogen) atoms. The van der Waals surface area contributed by atoms with Crippen LogP contribution in [0, 0.1) is 0 Å². The number of hydrogen-bond donors (Lipinski definition) is 1. The number of carbonyl (C=O) groups is 2. The van der Waals surface area contributed by atoms with Crippen molar-refractivity contribution in [3.8, 4) is 0 Å². The van der Waals surface area contributed by atoms with Crippen molar-refractivity contribution in [1.29, 1.82) is 0 Å². The molecule has 164 valence electrons. The SMILES string of the molecule is [2H]C(CN(C1CCCCC1)[C@@H](C)C(=O)[O-])C(=O)OC(C)(C)C.[NH3+]C1CCCCC1. The van der Waals surface area contributed by atoms with Crippen molar-refractivity contribution >= 4 is 11.9 Å². The Balaban J connectivity index is 0.000000502. The number of nitrogens with zero attached hydrogens (tertiary/aromatic N) is 1. The molecule has 0 spiro atoms. The zero-order valence-electron chi connectivity index (χ0n) is 19.4. The Morgan fingerprint density at radius 3 is 2.00 bits per heavy atom. The molecular weight excluding hydrogens is 356 g/mol. The molecule has 0 aromatic heterocycles. The normalized spacial score (nSPS) is 21.9. The van der Waals surface area contributed by atoms with Crippen LogP contribution in [-0.4, -0.2) is 47.1 Å². The van der Waals surface area contributed by atoms with Crippen LogP contribution in [0.2, 0.25) is 0 Å². The van der Waals surface area contributed by atoms with Gasteiger partial charge in [-0.2, -0.15) is 0 Å². The summed E-state index contributed by atoms with van der Waals surface area (Å²) in [5.74, 6) is -1.78. The number of carboxylic acids is 1. The van der Waals surface area contributed by atoms with Gasteiger partial charge in [-0.15, -0.1) is 0 Å². The maximum atomic E-state index is 12.0. The number of carboxylic acid groups (broad SMARTS) is 1. The van der Waals surface area contributed by atoms with Crippen molar-refractivity contribution in [1.82, 2.24) is 4.90 Å². The van der Waals surface area contributed by atoms with E-state index in [-0.39, 0.29) is 12.6 Å². The lowest BCUT2D eigenvalue weighted by Crippen LogP contribution is -2.61. The van der Waals surface area contributed by atoms with Gasteiger partial charge in [-0.25, -0.2) is 0 Å². The zero-order chi connectivity index (χ0) is 22.0. The molecule has 3 N–H and O–H groups in total. The van der Waals surface area contributed by atoms with E-state index in [0.717, 1.165) is 38.1 Å². The first-order valence-electron chi connectivity index (χ1n) is 11.5. The summed E-state index contributed by atoms with van der Waals surface area (Å²) in [6, 6.07) is 0.0732. The summed E-state index contributed by atoms with van der Waals surface area (Å²) in [5.41, 5.74) is 3.35. The van der Waals surface area contributed by atoms with E-state index in [9.17, 15) is 14.7 Å². The molecule has 2 aliphatic rings. The highest BCUT2D eigenvalue weighted by atomic mass is 16.6. The van der Waals surface area contributed by atoms with Gasteiger partial charge in [0, 0.05) is 20.0 Å². The molecule has 0 radical (unpaired) electrons. The second-order valence-corrected chi connectivity index (χ2v) is 9.23. The fourth-order valence-corrected chi connectivity index (χ4v) is 3.88. The van der Waals surface area contributed by atoms with E-state index in [4.69, 9.17) is 6.11 Å². The number of carbonyl (C=O) groups excluding carboxylic acids is 2. The van der Waals surface area contributed by atoms with Gasteiger partial charge < -0.3 is 20.4 Å². The number of aliphatic carboxylic acids is 1. The standard InChI is InChI=1S/C16H29NO4.C6H13N/c1-12(15(19)20)17(13-8-6-5-7-9-13)11-10-14(18)21-16(2,3)4;7-6-4-2-1-3-5-6/h12-13H,5-11H2,1-4H3,(H,19,20);6H,1-5,7H2/t12-;/m0./s1/i10D;/t10?,12-;. The highest BCUT2D eigenvalue weighted by Gasteiger charge is 2.27. The first-order chi connectivity index (χ1) is 13.5. The van der Waals surface area contributed by atoms with Crippen molar-refractivity contribution in [3.05, 3.63) is 0 Å². The van der Waals surface area contributed by atoms with Gasteiger partial charge in [0.2, 0.25) is 0 Å². The molecular formula is C22H42N2O4. The molecule has 0 heterocycles. The van der Waals surface area contributed by atoms with E-state index in [1.807, 2.05) is 0 Å². The van der Waals surface area contributed by atoms with Gasteiger partial charge in [-0.3, -0.25) is 9.69 Å². The van der Waals surface area contributed by atoms with E-state index in [0.29, 0.717) is 0 Å². The van der Waals surface area contributed by atoms with E-state index in [1.165, 1.54) is 32.1 Å². The second-order valence-electron chi connectivity index (χ2n) is 9.23. The molecule has 0 amide bonds. The molecule has 0 bridgehead atoms. The zero-order valence-corrected chi connectivity index (χ0v) is 18.4. The van der Waals surface area contributed by atoms with E-state index < -0.39 is 30.0 Å². The van der Waals surface area contributed by atoms with Crippen LogP contribution in [0.5, 0.6) is 0 Å². The summed E-state index contributed by atoms with van der Waals surface area (Å²) in [6.07, 6.45) is 11.0. The average Bonchev–Trinajstić information content (AvgIpc) is 2.65. The number of hydrogen-bond acceptors (Lipinski definition) is 5. The third-order valence-electron chi connectivity index (χ3n) is 5.48. The van der Waals surface area contributed by atoms with Gasteiger partial charge in [0.25, 0.3) is 0 Å². The molecule has 0 saturated heterocycles. The smallest absolute Gasteiger partial charge is 0.307 e. The number of quaternary nitrogens is 1. The Hall–Kier alpha value is -1.14. The lowest BCUT2D eigenvalue weighted by atomic mass is 9.93. The molecule has 0 aromatic carbocycles. The minimum Gasteiger partial charge on any atom is -0.548 e. The van der Waals surface area contributed by atoms with Crippen molar-refractivity contribution in [3.63, 3.8) is 0 Å². The Kier molecular flexibility index (Phi) is 10.3. The van der Waals surface area contributed by atoms with Crippen molar-refractivity contribution in [2.75, 3.05) is 6.54 Å². The van der Waals surface area contributed by atoms with Gasteiger partial charge in [0.1, 0.15) is 5.60 Å². The summed E-state index contributed by atoms with van der Waals surface area (Å²) < 4.78 is 13.2. The minimum absolute atomic E-state index is 0.0642. The van der Waals surface area contributed by atoms with Crippen LogP contribution >= 0.6 is 0 Å². The Labute approximate surface area is 172 Å². The molecule has 2 rings (SSSR count). The van der Waals surface area contributed by atoms with Gasteiger partial charge in [-0.05, 0) is 66.2 Å². The molecule has 6 nitrogen and oxygen atoms in total. The lowest BCUT2D eigenvalue weighted by Gasteiger charge is -2.39. The largest absolute Gasteiger partial charge is 0.548 e. The first-order valence-corrected chi connectivity index (χ1v) is 11.0. The number of ether oxygens (including phenoxy) is 1.